The van der Waals surface area contributed by atoms with Crippen molar-refractivity contribution >= 4 is 22.6 Å². The molecule has 3 aromatic rings. The third-order valence-corrected chi connectivity index (χ3v) is 4.78. The summed E-state index contributed by atoms with van der Waals surface area (Å²) in [6.45, 7) is 3.52. The van der Waals surface area contributed by atoms with Crippen molar-refractivity contribution in [2.75, 3.05) is 18.4 Å². The molecule has 1 aliphatic heterocycles. The highest BCUT2D eigenvalue weighted by Crippen LogP contribution is 2.31. The van der Waals surface area contributed by atoms with Gasteiger partial charge in [0.25, 0.3) is 0 Å². The van der Waals surface area contributed by atoms with Crippen molar-refractivity contribution in [3.63, 3.8) is 0 Å². The highest BCUT2D eigenvalue weighted by Gasteiger charge is 2.28. The molecule has 4 rings (SSSR count). The lowest BCUT2D eigenvalue weighted by Crippen LogP contribution is -2.27. The second-order valence-corrected chi connectivity index (χ2v) is 6.69. The highest BCUT2D eigenvalue weighted by molar-refractivity contribution is 5.93. The van der Waals surface area contributed by atoms with Crippen LogP contribution in [0.4, 0.5) is 5.69 Å². The zero-order valence-electron chi connectivity index (χ0n) is 14.5. The van der Waals surface area contributed by atoms with E-state index in [9.17, 15) is 9.59 Å². The van der Waals surface area contributed by atoms with Crippen molar-refractivity contribution in [3.05, 3.63) is 46.2 Å². The molecular weight excluding hydrogens is 334 g/mol. The summed E-state index contributed by atoms with van der Waals surface area (Å²) >= 11 is 0. The maximum atomic E-state index is 12.3. The molecule has 1 saturated heterocycles. The summed E-state index contributed by atoms with van der Waals surface area (Å²) in [7, 11) is 0. The lowest BCUT2D eigenvalue weighted by molar-refractivity contribution is -0.116. The van der Waals surface area contributed by atoms with Gasteiger partial charge in [0.2, 0.25) is 5.91 Å². The van der Waals surface area contributed by atoms with Crippen molar-refractivity contribution in [1.29, 1.82) is 0 Å². The van der Waals surface area contributed by atoms with Crippen molar-refractivity contribution in [3.8, 4) is 0 Å². The fraction of sp³-hybridized carbons (Fsp3) is 0.389. The maximum Gasteiger partial charge on any atom is 0.323 e. The topological polar surface area (TPSA) is 107 Å². The summed E-state index contributed by atoms with van der Waals surface area (Å²) in [6.07, 6.45) is 2.52. The van der Waals surface area contributed by atoms with Gasteiger partial charge in [-0.3, -0.25) is 9.69 Å². The number of benzene rings is 1. The van der Waals surface area contributed by atoms with Crippen LogP contribution in [0.25, 0.3) is 11.0 Å². The molecule has 136 valence electrons. The van der Waals surface area contributed by atoms with Crippen molar-refractivity contribution in [2.45, 2.75) is 32.2 Å². The van der Waals surface area contributed by atoms with E-state index in [-0.39, 0.29) is 17.6 Å². The fourth-order valence-electron chi connectivity index (χ4n) is 3.55. The van der Waals surface area contributed by atoms with Crippen LogP contribution in [0.3, 0.4) is 0 Å². The van der Waals surface area contributed by atoms with Crippen LogP contribution in [-0.4, -0.2) is 39.0 Å². The summed E-state index contributed by atoms with van der Waals surface area (Å²) < 4.78 is 5.18. The third-order valence-electron chi connectivity index (χ3n) is 4.78. The summed E-state index contributed by atoms with van der Waals surface area (Å²) in [5, 5.41) is 7.01. The molecule has 8 nitrogen and oxygen atoms in total. The van der Waals surface area contributed by atoms with Crippen molar-refractivity contribution in [2.24, 2.45) is 0 Å². The largest absolute Gasteiger partial charge is 0.361 e. The predicted molar refractivity (Wildman–Crippen MR) is 97.0 cm³/mol. The van der Waals surface area contributed by atoms with E-state index in [1.165, 1.54) is 0 Å². The van der Waals surface area contributed by atoms with E-state index in [2.05, 4.69) is 25.3 Å². The van der Waals surface area contributed by atoms with E-state index in [1.807, 2.05) is 13.0 Å². The van der Waals surface area contributed by atoms with Crippen LogP contribution in [0.15, 0.2) is 33.6 Å². The van der Waals surface area contributed by atoms with Gasteiger partial charge in [0, 0.05) is 24.7 Å². The molecule has 0 saturated carbocycles. The number of amides is 1. The molecule has 0 radical (unpaired) electrons. The summed E-state index contributed by atoms with van der Waals surface area (Å²) in [6, 6.07) is 7.49. The van der Waals surface area contributed by atoms with E-state index >= 15 is 0 Å². The minimum atomic E-state index is -0.258. The van der Waals surface area contributed by atoms with Crippen LogP contribution in [0.2, 0.25) is 0 Å². The van der Waals surface area contributed by atoms with E-state index in [4.69, 9.17) is 4.52 Å². The number of nitrogens with one attached hydrogen (secondary N) is 3. The lowest BCUT2D eigenvalue weighted by Gasteiger charge is -2.22. The van der Waals surface area contributed by atoms with Crippen LogP contribution in [0, 0.1) is 6.92 Å². The number of H-pyrrole nitrogens is 2. The smallest absolute Gasteiger partial charge is 0.323 e. The van der Waals surface area contributed by atoms with Crippen molar-refractivity contribution in [1.82, 2.24) is 20.0 Å². The Labute approximate surface area is 149 Å². The molecule has 2 aromatic heterocycles. The highest BCUT2D eigenvalue weighted by atomic mass is 16.5. The molecule has 0 spiro atoms. The molecule has 0 bridgehead atoms. The number of rotatable bonds is 5. The second kappa shape index (κ2) is 6.80. The summed E-state index contributed by atoms with van der Waals surface area (Å²) in [5.41, 5.74) is 2.75. The van der Waals surface area contributed by atoms with Gasteiger partial charge in [-0.1, -0.05) is 5.16 Å². The van der Waals surface area contributed by atoms with Gasteiger partial charge in [-0.15, -0.1) is 0 Å². The molecule has 1 fully saturated rings. The van der Waals surface area contributed by atoms with Gasteiger partial charge in [0.15, 0.2) is 0 Å². The summed E-state index contributed by atoms with van der Waals surface area (Å²) in [5.74, 6) is 0.756. The number of fused-ring (bicyclic) bond motifs is 1. The van der Waals surface area contributed by atoms with Crippen LogP contribution in [-0.2, 0) is 4.79 Å². The molecule has 0 unspecified atom stereocenters. The van der Waals surface area contributed by atoms with Crippen molar-refractivity contribution < 1.29 is 9.32 Å². The fourth-order valence-corrected chi connectivity index (χ4v) is 3.55. The molecule has 1 aliphatic rings. The van der Waals surface area contributed by atoms with E-state index in [1.54, 1.807) is 18.2 Å². The molecule has 8 heteroatoms. The van der Waals surface area contributed by atoms with Crippen LogP contribution in [0.1, 0.15) is 36.8 Å². The molecule has 1 atom stereocenters. The van der Waals surface area contributed by atoms with Gasteiger partial charge in [0.05, 0.1) is 17.1 Å². The Balaban J connectivity index is 1.36. The van der Waals surface area contributed by atoms with Gasteiger partial charge in [-0.05, 0) is 44.5 Å². The first-order chi connectivity index (χ1) is 12.6. The Morgan fingerprint density at radius 1 is 1.35 bits per heavy atom. The quantitative estimate of drug-likeness (QED) is 0.651. The molecular formula is C18H21N5O3. The number of anilines is 1. The Morgan fingerprint density at radius 3 is 3.00 bits per heavy atom. The minimum absolute atomic E-state index is 0.0517. The number of likely N-dealkylation sites (tertiary alicyclic amines) is 1. The average Bonchev–Trinajstić information content (AvgIpc) is 3.31. The van der Waals surface area contributed by atoms with Gasteiger partial charge in [0.1, 0.15) is 11.5 Å². The van der Waals surface area contributed by atoms with Crippen LogP contribution >= 0.6 is 0 Å². The zero-order chi connectivity index (χ0) is 18.1. The molecule has 3 heterocycles. The zero-order valence-corrected chi connectivity index (χ0v) is 14.5. The predicted octanol–water partition coefficient (Wildman–Crippen LogP) is 2.32. The van der Waals surface area contributed by atoms with E-state index in [0.717, 1.165) is 36.4 Å². The Kier molecular flexibility index (Phi) is 4.34. The van der Waals surface area contributed by atoms with Crippen LogP contribution in [0.5, 0.6) is 0 Å². The van der Waals surface area contributed by atoms with E-state index in [0.29, 0.717) is 24.2 Å². The number of nitrogens with zero attached hydrogens (tertiary/aromatic N) is 2. The van der Waals surface area contributed by atoms with E-state index < -0.39 is 0 Å². The Hall–Kier alpha value is -2.87. The first-order valence-electron chi connectivity index (χ1n) is 8.78. The van der Waals surface area contributed by atoms with Gasteiger partial charge in [-0.25, -0.2) is 4.79 Å². The molecule has 26 heavy (non-hydrogen) atoms. The average molecular weight is 355 g/mol. The standard InChI is InChI=1S/C18H21N5O3/c1-11-9-15(22-26-11)16-3-2-7-23(16)8-6-17(24)19-12-4-5-13-14(10-12)21-18(25)20-13/h4-5,9-10,16H,2-3,6-8H2,1H3,(H,19,24)(H2,20,21,25)/t16-/m1/s1. The summed E-state index contributed by atoms with van der Waals surface area (Å²) in [4.78, 5) is 31.3. The monoisotopic (exact) mass is 355 g/mol. The molecule has 1 aromatic carbocycles. The second-order valence-electron chi connectivity index (χ2n) is 6.69. The SMILES string of the molecule is Cc1cc([C@H]2CCCN2CCC(=O)Nc2ccc3[nH]c(=O)[nH]c3c2)no1. The number of imidazole rings is 1. The van der Waals surface area contributed by atoms with Crippen LogP contribution < -0.4 is 11.0 Å². The Morgan fingerprint density at radius 2 is 2.19 bits per heavy atom. The minimum Gasteiger partial charge on any atom is -0.361 e. The first kappa shape index (κ1) is 16.6. The number of aromatic amines is 2. The number of carbonyl (C=O) groups excluding carboxylic acids is 1. The van der Waals surface area contributed by atoms with Gasteiger partial charge in [-0.2, -0.15) is 0 Å². The number of aryl methyl sites for hydroxylation is 1. The normalized spacial score (nSPS) is 17.8. The maximum absolute atomic E-state index is 12.3. The van der Waals surface area contributed by atoms with Gasteiger partial charge < -0.3 is 19.8 Å². The first-order valence-corrected chi connectivity index (χ1v) is 8.78. The van der Waals surface area contributed by atoms with Gasteiger partial charge >= 0.3 is 5.69 Å². The molecule has 1 amide bonds. The number of hydrogen-bond acceptors (Lipinski definition) is 5. The number of hydrogen-bond donors (Lipinski definition) is 3. The number of aromatic nitrogens is 3. The molecule has 3 N–H and O–H groups in total. The third kappa shape index (κ3) is 3.41. The lowest BCUT2D eigenvalue weighted by atomic mass is 10.1. The number of carbonyl (C=O) groups is 1. The molecule has 0 aliphatic carbocycles. The Bertz CT molecular complexity index is 986.